The number of halogens is 1. The van der Waals surface area contributed by atoms with Crippen LogP contribution < -0.4 is 11.2 Å². The molecule has 0 unspecified atom stereocenters. The maximum absolute atomic E-state index is 11.0. The van der Waals surface area contributed by atoms with Gasteiger partial charge in [0.05, 0.1) is 0 Å². The van der Waals surface area contributed by atoms with Crippen LogP contribution >= 0.6 is 23.4 Å². The topological polar surface area (TPSA) is 67.5 Å². The number of amides is 2. The molecule has 4 nitrogen and oxygen atoms in total. The van der Waals surface area contributed by atoms with Gasteiger partial charge in [0.1, 0.15) is 0 Å². The molecule has 0 heterocycles. The van der Waals surface area contributed by atoms with Crippen LogP contribution in [0.5, 0.6) is 0 Å². The van der Waals surface area contributed by atoms with Crippen molar-refractivity contribution in [3.63, 3.8) is 0 Å². The fourth-order valence-corrected chi connectivity index (χ4v) is 3.93. The van der Waals surface area contributed by atoms with Crippen molar-refractivity contribution in [3.05, 3.63) is 34.9 Å². The summed E-state index contributed by atoms with van der Waals surface area (Å²) in [6.45, 7) is 4.32. The summed E-state index contributed by atoms with van der Waals surface area (Å²) < 4.78 is 0. The summed E-state index contributed by atoms with van der Waals surface area (Å²) in [5.41, 5.74) is 9.63. The molecule has 3 N–H and O–H groups in total. The third-order valence-corrected chi connectivity index (χ3v) is 5.18. The highest BCUT2D eigenvalue weighted by molar-refractivity contribution is 7.99. The summed E-state index contributed by atoms with van der Waals surface area (Å²) in [4.78, 5) is 11.0. The molecule has 0 aromatic heterocycles. The number of nitrogens with one attached hydrogen (secondary N) is 1. The molecular formula is C18H28ClN3OS. The zero-order valence-corrected chi connectivity index (χ0v) is 16.1. The molecule has 0 saturated carbocycles. The van der Waals surface area contributed by atoms with Gasteiger partial charge in [0, 0.05) is 22.4 Å². The van der Waals surface area contributed by atoms with Crippen molar-refractivity contribution in [3.8, 4) is 0 Å². The summed E-state index contributed by atoms with van der Waals surface area (Å²) in [7, 11) is 0. The van der Waals surface area contributed by atoms with Gasteiger partial charge < -0.3 is 5.73 Å². The highest BCUT2D eigenvalue weighted by Gasteiger charge is 2.17. The maximum atomic E-state index is 11.0. The van der Waals surface area contributed by atoms with E-state index in [1.165, 1.54) is 19.3 Å². The molecule has 0 aliphatic carbocycles. The van der Waals surface area contributed by atoms with Crippen LogP contribution in [-0.4, -0.2) is 17.5 Å². The van der Waals surface area contributed by atoms with Crippen LogP contribution in [0.15, 0.2) is 29.4 Å². The van der Waals surface area contributed by atoms with Gasteiger partial charge in [-0.3, -0.25) is 0 Å². The lowest BCUT2D eigenvalue weighted by Crippen LogP contribution is -2.26. The molecule has 1 aromatic rings. The zero-order valence-electron chi connectivity index (χ0n) is 14.6. The quantitative estimate of drug-likeness (QED) is 0.306. The Kier molecular flexibility index (Phi) is 10.6. The maximum Gasteiger partial charge on any atom is 0.332 e. The van der Waals surface area contributed by atoms with Gasteiger partial charge in [-0.2, -0.15) is 16.9 Å². The van der Waals surface area contributed by atoms with Gasteiger partial charge in [0.2, 0.25) is 0 Å². The van der Waals surface area contributed by atoms with E-state index in [9.17, 15) is 4.79 Å². The van der Waals surface area contributed by atoms with Crippen LogP contribution in [0.4, 0.5) is 4.79 Å². The van der Waals surface area contributed by atoms with Crippen molar-refractivity contribution in [1.29, 1.82) is 0 Å². The Morgan fingerprint density at radius 2 is 2.04 bits per heavy atom. The first-order valence-corrected chi connectivity index (χ1v) is 9.98. The van der Waals surface area contributed by atoms with Crippen molar-refractivity contribution in [1.82, 2.24) is 5.43 Å². The van der Waals surface area contributed by atoms with Crippen LogP contribution in [0.1, 0.15) is 63.2 Å². The molecule has 1 atom stereocenters. The molecule has 0 aliphatic rings. The van der Waals surface area contributed by atoms with Gasteiger partial charge >= 0.3 is 6.03 Å². The average Bonchev–Trinajstić information content (AvgIpc) is 2.56. The van der Waals surface area contributed by atoms with Crippen molar-refractivity contribution in [2.75, 3.05) is 5.75 Å². The van der Waals surface area contributed by atoms with E-state index >= 15 is 0 Å². The number of carbonyl (C=O) groups excluding carboxylic acids is 1. The smallest absolute Gasteiger partial charge is 0.332 e. The lowest BCUT2D eigenvalue weighted by atomic mass is 10.0. The summed E-state index contributed by atoms with van der Waals surface area (Å²) in [5, 5.41) is 5.23. The molecule has 6 heteroatoms. The Balaban J connectivity index is 2.83. The van der Waals surface area contributed by atoms with Crippen molar-refractivity contribution < 1.29 is 4.79 Å². The molecule has 0 spiro atoms. The number of hydrazone groups is 1. The second-order valence-corrected chi connectivity index (χ2v) is 7.52. The summed E-state index contributed by atoms with van der Waals surface area (Å²) in [6.07, 6.45) is 6.27. The van der Waals surface area contributed by atoms with Gasteiger partial charge in [-0.1, -0.05) is 62.9 Å². The van der Waals surface area contributed by atoms with E-state index in [-0.39, 0.29) is 5.25 Å². The van der Waals surface area contributed by atoms with Crippen LogP contribution in [0.2, 0.25) is 5.02 Å². The monoisotopic (exact) mass is 369 g/mol. The highest BCUT2D eigenvalue weighted by Crippen LogP contribution is 2.36. The van der Waals surface area contributed by atoms with Crippen LogP contribution in [0.25, 0.3) is 0 Å². The second kappa shape index (κ2) is 12.2. The zero-order chi connectivity index (χ0) is 17.8. The third-order valence-electron chi connectivity index (χ3n) is 3.68. The molecule has 0 fully saturated rings. The van der Waals surface area contributed by atoms with Gasteiger partial charge in [-0.15, -0.1) is 0 Å². The largest absolute Gasteiger partial charge is 0.350 e. The molecule has 2 amide bonds. The van der Waals surface area contributed by atoms with E-state index in [4.69, 9.17) is 17.3 Å². The third kappa shape index (κ3) is 8.06. The number of nitrogens with two attached hydrogens (primary N) is 1. The summed E-state index contributed by atoms with van der Waals surface area (Å²) in [6, 6.07) is 7.29. The van der Waals surface area contributed by atoms with Crippen molar-refractivity contribution in [2.45, 2.75) is 57.6 Å². The van der Waals surface area contributed by atoms with Crippen molar-refractivity contribution >= 4 is 35.1 Å². The molecule has 0 radical (unpaired) electrons. The fourth-order valence-electron chi connectivity index (χ4n) is 2.50. The highest BCUT2D eigenvalue weighted by atomic mass is 35.5. The summed E-state index contributed by atoms with van der Waals surface area (Å²) >= 11 is 8.21. The first kappa shape index (κ1) is 20.8. The normalized spacial score (nSPS) is 12.9. The van der Waals surface area contributed by atoms with Gasteiger partial charge in [-0.05, 0) is 30.2 Å². The van der Waals surface area contributed by atoms with Crippen molar-refractivity contribution in [2.24, 2.45) is 10.8 Å². The van der Waals surface area contributed by atoms with E-state index in [0.29, 0.717) is 0 Å². The number of thioether (sulfide) groups is 1. The molecule has 1 rings (SSSR count). The minimum absolute atomic E-state index is 0.225. The minimum Gasteiger partial charge on any atom is -0.350 e. The predicted octanol–water partition coefficient (Wildman–Crippen LogP) is 5.52. The van der Waals surface area contributed by atoms with E-state index in [1.54, 1.807) is 0 Å². The summed E-state index contributed by atoms with van der Waals surface area (Å²) in [5.74, 6) is 0.988. The fraction of sp³-hybridized carbons (Fsp3) is 0.556. The Hall–Kier alpha value is -1.20. The molecule has 134 valence electrons. The van der Waals surface area contributed by atoms with E-state index in [1.807, 2.05) is 30.0 Å². The van der Waals surface area contributed by atoms with Gasteiger partial charge in [-0.25, -0.2) is 10.2 Å². The molecule has 0 bridgehead atoms. The Labute approximate surface area is 154 Å². The number of hydrogen-bond acceptors (Lipinski definition) is 3. The SMILES string of the molecule is CCCCCC/C(C[C@@H](SCC)c1ccccc1Cl)=N/NC(N)=O. The number of nitrogens with zero attached hydrogens (tertiary/aromatic N) is 1. The first-order chi connectivity index (χ1) is 11.6. The molecule has 0 aliphatic heterocycles. The molecule has 24 heavy (non-hydrogen) atoms. The van der Waals surface area contributed by atoms with E-state index in [2.05, 4.69) is 30.4 Å². The molecule has 1 aromatic carbocycles. The standard InChI is InChI=1S/C18H28ClN3OS/c1-3-5-6-7-10-14(21-22-18(20)23)13-17(24-4-2)15-11-8-9-12-16(15)19/h8-9,11-12,17H,3-7,10,13H2,1-2H3,(H3,20,22,23)/b21-14-/t17-/m1/s1. The Morgan fingerprint density at radius 1 is 1.29 bits per heavy atom. The van der Waals surface area contributed by atoms with E-state index in [0.717, 1.165) is 41.3 Å². The van der Waals surface area contributed by atoms with Crippen LogP contribution in [0, 0.1) is 0 Å². The lowest BCUT2D eigenvalue weighted by molar-refractivity contribution is 0.249. The first-order valence-electron chi connectivity index (χ1n) is 8.55. The number of rotatable bonds is 11. The van der Waals surface area contributed by atoms with Crippen LogP contribution in [-0.2, 0) is 0 Å². The number of benzene rings is 1. The number of unbranched alkanes of at least 4 members (excludes halogenated alkanes) is 3. The van der Waals surface area contributed by atoms with Crippen LogP contribution in [0.3, 0.4) is 0 Å². The van der Waals surface area contributed by atoms with Gasteiger partial charge in [0.25, 0.3) is 0 Å². The van der Waals surface area contributed by atoms with Gasteiger partial charge in [0.15, 0.2) is 0 Å². The molecular weight excluding hydrogens is 342 g/mol. The second-order valence-electron chi connectivity index (χ2n) is 5.63. The predicted molar refractivity (Wildman–Crippen MR) is 106 cm³/mol. The van der Waals surface area contributed by atoms with E-state index < -0.39 is 6.03 Å². The average molecular weight is 370 g/mol. The lowest BCUT2D eigenvalue weighted by Gasteiger charge is -2.19. The number of primary amides is 1. The Morgan fingerprint density at radius 3 is 2.67 bits per heavy atom. The number of hydrogen-bond donors (Lipinski definition) is 2. The molecule has 0 saturated heterocycles. The minimum atomic E-state index is -0.626. The number of urea groups is 1. The number of carbonyl (C=O) groups is 1. The Bertz CT molecular complexity index is 537.